The van der Waals surface area contributed by atoms with Crippen molar-refractivity contribution in [2.24, 2.45) is 5.41 Å². The zero-order valence-electron chi connectivity index (χ0n) is 9.37. The van der Waals surface area contributed by atoms with Gasteiger partial charge in [0.15, 0.2) is 0 Å². The van der Waals surface area contributed by atoms with Crippen LogP contribution in [-0.4, -0.2) is 47.5 Å². The lowest BCUT2D eigenvalue weighted by molar-refractivity contribution is 0.0594. The lowest BCUT2D eigenvalue weighted by Crippen LogP contribution is -2.35. The summed E-state index contributed by atoms with van der Waals surface area (Å²) in [5.41, 5.74) is 0.443. The summed E-state index contributed by atoms with van der Waals surface area (Å²) in [5.74, 6) is 0. The Labute approximate surface area is 86.7 Å². The maximum Gasteiger partial charge on any atom is 0.0897 e. The van der Waals surface area contributed by atoms with E-state index in [0.717, 1.165) is 13.1 Å². The average Bonchev–Trinajstić information content (AvgIpc) is 2.28. The molecule has 0 bridgehead atoms. The normalized spacial score (nSPS) is 25.7. The molecule has 2 N–H and O–H groups in total. The van der Waals surface area contributed by atoms with Gasteiger partial charge in [0.05, 0.1) is 12.7 Å². The molecule has 0 spiro atoms. The summed E-state index contributed by atoms with van der Waals surface area (Å²) < 4.78 is 0. The highest BCUT2D eigenvalue weighted by Gasteiger charge is 2.23. The highest BCUT2D eigenvalue weighted by molar-refractivity contribution is 4.77. The van der Waals surface area contributed by atoms with Crippen LogP contribution in [0.25, 0.3) is 0 Å². The Morgan fingerprint density at radius 1 is 1.29 bits per heavy atom. The van der Waals surface area contributed by atoms with Crippen molar-refractivity contribution in [3.05, 3.63) is 0 Å². The molecule has 0 radical (unpaired) electrons. The molecule has 1 aliphatic rings. The Balaban J connectivity index is 2.35. The van der Waals surface area contributed by atoms with Crippen LogP contribution in [0, 0.1) is 5.41 Å². The predicted octanol–water partition coefficient (Wildman–Crippen LogP) is 0.852. The number of aliphatic hydroxyl groups is 2. The van der Waals surface area contributed by atoms with Gasteiger partial charge in [-0.15, -0.1) is 0 Å². The molecule has 3 heteroatoms. The van der Waals surface area contributed by atoms with Crippen molar-refractivity contribution in [2.45, 2.75) is 39.2 Å². The number of hydrogen-bond acceptors (Lipinski definition) is 3. The SMILES string of the molecule is CC1(C)CCCN(CC(O)CO)CC1. The molecule has 0 aromatic heterocycles. The highest BCUT2D eigenvalue weighted by atomic mass is 16.3. The lowest BCUT2D eigenvalue weighted by atomic mass is 9.85. The van der Waals surface area contributed by atoms with Gasteiger partial charge in [-0.1, -0.05) is 13.8 Å². The van der Waals surface area contributed by atoms with E-state index in [1.54, 1.807) is 0 Å². The van der Waals surface area contributed by atoms with Crippen molar-refractivity contribution in [3.63, 3.8) is 0 Å². The van der Waals surface area contributed by atoms with Crippen LogP contribution in [0.5, 0.6) is 0 Å². The minimum atomic E-state index is -0.573. The molecule has 84 valence electrons. The van der Waals surface area contributed by atoms with Gasteiger partial charge < -0.3 is 15.1 Å². The van der Waals surface area contributed by atoms with E-state index in [9.17, 15) is 5.11 Å². The van der Waals surface area contributed by atoms with Gasteiger partial charge in [-0.25, -0.2) is 0 Å². The molecular weight excluding hydrogens is 178 g/mol. The molecule has 0 aromatic rings. The zero-order chi connectivity index (χ0) is 10.6. The predicted molar refractivity (Wildman–Crippen MR) is 57.2 cm³/mol. The fourth-order valence-corrected chi connectivity index (χ4v) is 2.02. The van der Waals surface area contributed by atoms with E-state index in [4.69, 9.17) is 5.11 Å². The fourth-order valence-electron chi connectivity index (χ4n) is 2.02. The van der Waals surface area contributed by atoms with E-state index in [1.807, 2.05) is 0 Å². The maximum atomic E-state index is 9.34. The van der Waals surface area contributed by atoms with Crippen LogP contribution in [0.2, 0.25) is 0 Å². The largest absolute Gasteiger partial charge is 0.394 e. The van der Waals surface area contributed by atoms with Crippen LogP contribution in [-0.2, 0) is 0 Å². The number of hydrogen-bond donors (Lipinski definition) is 2. The molecule has 0 amide bonds. The number of likely N-dealkylation sites (tertiary alicyclic amines) is 1. The standard InChI is InChI=1S/C11H23NO2/c1-11(2)4-3-6-12(7-5-11)8-10(14)9-13/h10,13-14H,3-9H2,1-2H3. The summed E-state index contributed by atoms with van der Waals surface area (Å²) >= 11 is 0. The molecule has 0 aromatic carbocycles. The van der Waals surface area contributed by atoms with E-state index in [1.165, 1.54) is 19.3 Å². The van der Waals surface area contributed by atoms with Crippen LogP contribution >= 0.6 is 0 Å². The topological polar surface area (TPSA) is 43.7 Å². The van der Waals surface area contributed by atoms with Crippen molar-refractivity contribution in [3.8, 4) is 0 Å². The van der Waals surface area contributed by atoms with Gasteiger partial charge in [0, 0.05) is 6.54 Å². The number of β-amino-alcohol motifs (C(OH)–C–C–N with tert-alkyl or cyclic N) is 1. The smallest absolute Gasteiger partial charge is 0.0897 e. The van der Waals surface area contributed by atoms with Crippen LogP contribution in [0.15, 0.2) is 0 Å². The van der Waals surface area contributed by atoms with Crippen LogP contribution in [0.4, 0.5) is 0 Å². The molecular formula is C11H23NO2. The number of rotatable bonds is 3. The Morgan fingerprint density at radius 3 is 2.64 bits per heavy atom. The summed E-state index contributed by atoms with van der Waals surface area (Å²) in [7, 11) is 0. The molecule has 1 atom stereocenters. The van der Waals surface area contributed by atoms with Gasteiger partial charge in [0.1, 0.15) is 0 Å². The molecule has 1 fully saturated rings. The third-order valence-electron chi connectivity index (χ3n) is 3.11. The Kier molecular flexibility index (Phi) is 4.35. The lowest BCUT2D eigenvalue weighted by Gasteiger charge is -2.24. The second-order valence-electron chi connectivity index (χ2n) is 5.15. The molecule has 1 heterocycles. The van der Waals surface area contributed by atoms with Crippen molar-refractivity contribution in [1.82, 2.24) is 4.90 Å². The first-order valence-electron chi connectivity index (χ1n) is 5.55. The van der Waals surface area contributed by atoms with Gasteiger partial charge in [-0.3, -0.25) is 0 Å². The average molecular weight is 201 g/mol. The zero-order valence-corrected chi connectivity index (χ0v) is 9.37. The first-order valence-corrected chi connectivity index (χ1v) is 5.55. The molecule has 14 heavy (non-hydrogen) atoms. The third-order valence-corrected chi connectivity index (χ3v) is 3.11. The summed E-state index contributed by atoms with van der Waals surface area (Å²) in [5, 5.41) is 18.1. The van der Waals surface area contributed by atoms with Gasteiger partial charge in [0.25, 0.3) is 0 Å². The van der Waals surface area contributed by atoms with Crippen LogP contribution in [0.1, 0.15) is 33.1 Å². The quantitative estimate of drug-likeness (QED) is 0.711. The van der Waals surface area contributed by atoms with Gasteiger partial charge >= 0.3 is 0 Å². The second kappa shape index (κ2) is 5.10. The number of aliphatic hydroxyl groups excluding tert-OH is 2. The third kappa shape index (κ3) is 3.95. The maximum absolute atomic E-state index is 9.34. The minimum Gasteiger partial charge on any atom is -0.394 e. The molecule has 1 rings (SSSR count). The van der Waals surface area contributed by atoms with Crippen molar-refractivity contribution in [1.29, 1.82) is 0 Å². The van der Waals surface area contributed by atoms with E-state index in [-0.39, 0.29) is 6.61 Å². The molecule has 1 unspecified atom stereocenters. The molecule has 0 aliphatic carbocycles. The number of nitrogens with zero attached hydrogens (tertiary/aromatic N) is 1. The van der Waals surface area contributed by atoms with Crippen molar-refractivity contribution in [2.75, 3.05) is 26.2 Å². The monoisotopic (exact) mass is 201 g/mol. The Morgan fingerprint density at radius 2 is 2.00 bits per heavy atom. The Hall–Kier alpha value is -0.120. The van der Waals surface area contributed by atoms with E-state index < -0.39 is 6.10 Å². The minimum absolute atomic E-state index is 0.125. The van der Waals surface area contributed by atoms with E-state index in [0.29, 0.717) is 12.0 Å². The van der Waals surface area contributed by atoms with Gasteiger partial charge in [-0.2, -0.15) is 0 Å². The summed E-state index contributed by atoms with van der Waals surface area (Å²) in [4.78, 5) is 2.26. The molecule has 1 saturated heterocycles. The van der Waals surface area contributed by atoms with Crippen LogP contribution in [0.3, 0.4) is 0 Å². The highest BCUT2D eigenvalue weighted by Crippen LogP contribution is 2.29. The summed E-state index contributed by atoms with van der Waals surface area (Å²) in [6.45, 7) is 7.20. The summed E-state index contributed by atoms with van der Waals surface area (Å²) in [6, 6.07) is 0. The molecule has 0 saturated carbocycles. The first kappa shape index (κ1) is 12.0. The molecule has 3 nitrogen and oxygen atoms in total. The van der Waals surface area contributed by atoms with E-state index >= 15 is 0 Å². The second-order valence-corrected chi connectivity index (χ2v) is 5.15. The van der Waals surface area contributed by atoms with Crippen molar-refractivity contribution < 1.29 is 10.2 Å². The van der Waals surface area contributed by atoms with Crippen LogP contribution < -0.4 is 0 Å². The van der Waals surface area contributed by atoms with Crippen molar-refractivity contribution >= 4 is 0 Å². The van der Waals surface area contributed by atoms with Gasteiger partial charge in [0.2, 0.25) is 0 Å². The fraction of sp³-hybridized carbons (Fsp3) is 1.00. The summed E-state index contributed by atoms with van der Waals surface area (Å²) in [6.07, 6.45) is 3.07. The van der Waals surface area contributed by atoms with E-state index in [2.05, 4.69) is 18.7 Å². The van der Waals surface area contributed by atoms with Gasteiger partial charge in [-0.05, 0) is 37.8 Å². The molecule has 1 aliphatic heterocycles. The first-order chi connectivity index (χ1) is 6.53. The Bertz CT molecular complexity index is 171.